The van der Waals surface area contributed by atoms with E-state index in [-0.39, 0.29) is 0 Å². The minimum atomic E-state index is 0.628. The van der Waals surface area contributed by atoms with Crippen molar-refractivity contribution in [3.8, 4) is 0 Å². The summed E-state index contributed by atoms with van der Waals surface area (Å²) < 4.78 is 0. The average Bonchev–Trinajstić information content (AvgIpc) is 2.66. The van der Waals surface area contributed by atoms with Crippen molar-refractivity contribution in [3.63, 3.8) is 0 Å². The fourth-order valence-corrected chi connectivity index (χ4v) is 1.79. The Morgan fingerprint density at radius 3 is 3.00 bits per heavy atom. The number of thiophene rings is 1. The molecule has 12 heavy (non-hydrogen) atoms. The molecule has 0 aliphatic heterocycles. The molecule has 0 aromatic carbocycles. The molecule has 0 spiro atoms. The predicted molar refractivity (Wildman–Crippen MR) is 56.7 cm³/mol. The molecule has 1 aliphatic rings. The summed E-state index contributed by atoms with van der Waals surface area (Å²) in [7, 11) is 0. The highest BCUT2D eigenvalue weighted by Gasteiger charge is 2.21. The van der Waals surface area contributed by atoms with Crippen molar-refractivity contribution in [2.45, 2.75) is 18.9 Å². The van der Waals surface area contributed by atoms with Crippen LogP contribution in [-0.4, -0.2) is 11.2 Å². The number of anilines is 1. The first-order valence-electron chi connectivity index (χ1n) is 3.94. The molecule has 0 amide bonds. The van der Waals surface area contributed by atoms with Crippen LogP contribution in [0.3, 0.4) is 0 Å². The molecular weight excluding hydrogens is 188 g/mol. The summed E-state index contributed by atoms with van der Waals surface area (Å²) in [5, 5.41) is 11.2. The maximum atomic E-state index is 5.10. The van der Waals surface area contributed by atoms with E-state index in [1.807, 2.05) is 16.8 Å². The lowest BCUT2D eigenvalue weighted by molar-refractivity contribution is 0.919. The van der Waals surface area contributed by atoms with E-state index in [4.69, 9.17) is 12.2 Å². The lowest BCUT2D eigenvalue weighted by Crippen LogP contribution is -2.29. The van der Waals surface area contributed by atoms with Crippen LogP contribution in [-0.2, 0) is 0 Å². The molecule has 1 aromatic heterocycles. The monoisotopic (exact) mass is 198 g/mol. The van der Waals surface area contributed by atoms with Crippen LogP contribution >= 0.6 is 23.6 Å². The van der Waals surface area contributed by atoms with Gasteiger partial charge in [0.15, 0.2) is 5.11 Å². The SMILES string of the molecule is S=C(Nc1ccsc1)NC1CC1. The van der Waals surface area contributed by atoms with Crippen LogP contribution < -0.4 is 10.6 Å². The summed E-state index contributed by atoms with van der Waals surface area (Å²) in [6.45, 7) is 0. The van der Waals surface area contributed by atoms with Gasteiger partial charge < -0.3 is 10.6 Å². The molecule has 1 saturated carbocycles. The lowest BCUT2D eigenvalue weighted by Gasteiger charge is -2.06. The zero-order valence-electron chi connectivity index (χ0n) is 6.54. The summed E-state index contributed by atoms with van der Waals surface area (Å²) in [4.78, 5) is 0. The van der Waals surface area contributed by atoms with Crippen LogP contribution in [0.15, 0.2) is 16.8 Å². The van der Waals surface area contributed by atoms with Crippen LogP contribution in [0.25, 0.3) is 0 Å². The second kappa shape index (κ2) is 3.41. The smallest absolute Gasteiger partial charge is 0.171 e. The largest absolute Gasteiger partial charge is 0.360 e. The van der Waals surface area contributed by atoms with Gasteiger partial charge in [0.1, 0.15) is 0 Å². The van der Waals surface area contributed by atoms with Gasteiger partial charge in [0.05, 0.1) is 5.69 Å². The van der Waals surface area contributed by atoms with E-state index >= 15 is 0 Å². The molecule has 0 saturated heterocycles. The number of hydrogen-bond donors (Lipinski definition) is 2. The first-order valence-corrected chi connectivity index (χ1v) is 5.29. The van der Waals surface area contributed by atoms with Gasteiger partial charge in [0, 0.05) is 11.4 Å². The summed E-state index contributed by atoms with van der Waals surface area (Å²) in [5.74, 6) is 0. The maximum Gasteiger partial charge on any atom is 0.171 e. The lowest BCUT2D eigenvalue weighted by atomic mass is 10.5. The van der Waals surface area contributed by atoms with Crippen molar-refractivity contribution in [3.05, 3.63) is 16.8 Å². The van der Waals surface area contributed by atoms with E-state index in [0.717, 1.165) is 10.8 Å². The summed E-state index contributed by atoms with van der Waals surface area (Å²) in [5.41, 5.74) is 1.08. The summed E-state index contributed by atoms with van der Waals surface area (Å²) >= 11 is 6.77. The van der Waals surface area contributed by atoms with Crippen molar-refractivity contribution in [1.82, 2.24) is 5.32 Å². The fraction of sp³-hybridized carbons (Fsp3) is 0.375. The second-order valence-corrected chi connectivity index (χ2v) is 4.07. The highest BCUT2D eigenvalue weighted by molar-refractivity contribution is 7.80. The van der Waals surface area contributed by atoms with Gasteiger partial charge in [-0.3, -0.25) is 0 Å². The van der Waals surface area contributed by atoms with E-state index < -0.39 is 0 Å². The molecule has 2 nitrogen and oxygen atoms in total. The quantitative estimate of drug-likeness (QED) is 0.712. The molecule has 0 radical (unpaired) electrons. The van der Waals surface area contributed by atoms with Crippen LogP contribution in [0.1, 0.15) is 12.8 Å². The van der Waals surface area contributed by atoms with Crippen molar-refractivity contribution >= 4 is 34.4 Å². The second-order valence-electron chi connectivity index (χ2n) is 2.88. The molecular formula is C8H10N2S2. The van der Waals surface area contributed by atoms with Gasteiger partial charge in [-0.2, -0.15) is 11.3 Å². The predicted octanol–water partition coefficient (Wildman–Crippen LogP) is 2.20. The van der Waals surface area contributed by atoms with Crippen LogP contribution in [0.2, 0.25) is 0 Å². The maximum absolute atomic E-state index is 5.10. The zero-order chi connectivity index (χ0) is 8.39. The first-order chi connectivity index (χ1) is 5.84. The molecule has 0 bridgehead atoms. The number of thiocarbonyl (C=S) groups is 1. The van der Waals surface area contributed by atoms with Crippen molar-refractivity contribution in [1.29, 1.82) is 0 Å². The fourth-order valence-electron chi connectivity index (χ4n) is 0.916. The highest BCUT2D eigenvalue weighted by Crippen LogP contribution is 2.19. The van der Waals surface area contributed by atoms with Gasteiger partial charge in [-0.15, -0.1) is 0 Å². The van der Waals surface area contributed by atoms with E-state index in [2.05, 4.69) is 10.6 Å². The minimum absolute atomic E-state index is 0.628. The molecule has 1 aromatic rings. The summed E-state index contributed by atoms with van der Waals surface area (Å²) in [6, 6.07) is 2.65. The molecule has 64 valence electrons. The highest BCUT2D eigenvalue weighted by atomic mass is 32.1. The Morgan fingerprint density at radius 1 is 1.58 bits per heavy atom. The third-order valence-corrected chi connectivity index (χ3v) is 2.59. The number of nitrogens with one attached hydrogen (secondary N) is 2. The average molecular weight is 198 g/mol. The van der Waals surface area contributed by atoms with Crippen LogP contribution in [0.5, 0.6) is 0 Å². The van der Waals surface area contributed by atoms with E-state index in [1.165, 1.54) is 12.8 Å². The number of rotatable bonds is 2. The Hall–Kier alpha value is -0.610. The Labute approximate surface area is 81.0 Å². The standard InChI is InChI=1S/C8H10N2S2/c11-8(9-6-1-2-6)10-7-3-4-12-5-7/h3-6H,1-2H2,(H2,9,10,11). The van der Waals surface area contributed by atoms with Crippen molar-refractivity contribution < 1.29 is 0 Å². The Kier molecular flexibility index (Phi) is 2.28. The topological polar surface area (TPSA) is 24.1 Å². The Balaban J connectivity index is 1.82. The van der Waals surface area contributed by atoms with Gasteiger partial charge in [-0.05, 0) is 36.5 Å². The van der Waals surface area contributed by atoms with Gasteiger partial charge in [0.2, 0.25) is 0 Å². The zero-order valence-corrected chi connectivity index (χ0v) is 8.17. The van der Waals surface area contributed by atoms with Crippen molar-refractivity contribution in [2.75, 3.05) is 5.32 Å². The molecule has 4 heteroatoms. The molecule has 1 fully saturated rings. The van der Waals surface area contributed by atoms with Gasteiger partial charge in [0.25, 0.3) is 0 Å². The van der Waals surface area contributed by atoms with Gasteiger partial charge in [-0.25, -0.2) is 0 Å². The first kappa shape index (κ1) is 8.01. The molecule has 0 atom stereocenters. The summed E-state index contributed by atoms with van der Waals surface area (Å²) in [6.07, 6.45) is 2.51. The molecule has 2 N–H and O–H groups in total. The van der Waals surface area contributed by atoms with Crippen LogP contribution in [0, 0.1) is 0 Å². The van der Waals surface area contributed by atoms with Gasteiger partial charge in [-0.1, -0.05) is 0 Å². The van der Waals surface area contributed by atoms with E-state index in [9.17, 15) is 0 Å². The Morgan fingerprint density at radius 2 is 2.42 bits per heavy atom. The van der Waals surface area contributed by atoms with Gasteiger partial charge >= 0.3 is 0 Å². The third-order valence-electron chi connectivity index (χ3n) is 1.69. The van der Waals surface area contributed by atoms with E-state index in [0.29, 0.717) is 6.04 Å². The van der Waals surface area contributed by atoms with Crippen LogP contribution in [0.4, 0.5) is 5.69 Å². The van der Waals surface area contributed by atoms with Crippen molar-refractivity contribution in [2.24, 2.45) is 0 Å². The van der Waals surface area contributed by atoms with E-state index in [1.54, 1.807) is 11.3 Å². The molecule has 1 heterocycles. The minimum Gasteiger partial charge on any atom is -0.360 e. The Bertz CT molecular complexity index is 265. The third kappa shape index (κ3) is 2.19. The molecule has 0 unspecified atom stereocenters. The normalized spacial score (nSPS) is 15.7. The number of hydrogen-bond acceptors (Lipinski definition) is 2. The molecule has 2 rings (SSSR count). The molecule has 1 aliphatic carbocycles.